The monoisotopic (exact) mass is 363 g/mol. The van der Waals surface area contributed by atoms with Crippen LogP contribution >= 0.6 is 11.6 Å². The predicted octanol–water partition coefficient (Wildman–Crippen LogP) is 3.84. The molecule has 4 rings (SSSR count). The first-order valence-electron chi connectivity index (χ1n) is 8.04. The third-order valence-corrected chi connectivity index (χ3v) is 4.41. The number of halogens is 1. The Hall–Kier alpha value is -3.18. The summed E-state index contributed by atoms with van der Waals surface area (Å²) < 4.78 is 1.76. The number of carbonyl (C=O) groups is 1. The van der Waals surface area contributed by atoms with E-state index >= 15 is 0 Å². The van der Waals surface area contributed by atoms with Crippen LogP contribution in [0.15, 0.2) is 71.8 Å². The number of anilines is 1. The minimum absolute atomic E-state index is 0.0609. The molecule has 0 aliphatic heterocycles. The number of aromatic nitrogens is 2. The summed E-state index contributed by atoms with van der Waals surface area (Å²) in [7, 11) is 0. The minimum Gasteiger partial charge on any atom is -0.338 e. The van der Waals surface area contributed by atoms with Gasteiger partial charge in [-0.2, -0.15) is 0 Å². The van der Waals surface area contributed by atoms with Crippen LogP contribution in [0.2, 0.25) is 5.02 Å². The van der Waals surface area contributed by atoms with Crippen molar-refractivity contribution in [3.8, 4) is 0 Å². The van der Waals surface area contributed by atoms with Gasteiger partial charge in [0, 0.05) is 34.3 Å². The third-order valence-electron chi connectivity index (χ3n) is 4.18. The molecule has 0 radical (unpaired) electrons. The molecule has 0 spiro atoms. The van der Waals surface area contributed by atoms with E-state index < -0.39 is 0 Å². The van der Waals surface area contributed by atoms with Gasteiger partial charge >= 0.3 is 0 Å². The van der Waals surface area contributed by atoms with Crippen LogP contribution in [-0.2, 0) is 11.3 Å². The number of nitrogens with zero attached hydrogens (tertiary/aromatic N) is 2. The Morgan fingerprint density at radius 2 is 1.92 bits per heavy atom. The molecule has 0 saturated heterocycles. The Kier molecular flexibility index (Phi) is 4.14. The summed E-state index contributed by atoms with van der Waals surface area (Å²) >= 11 is 6.00. The van der Waals surface area contributed by atoms with E-state index in [1.165, 1.54) is 6.07 Å². The summed E-state index contributed by atoms with van der Waals surface area (Å²) in [4.78, 5) is 28.8. The quantitative estimate of drug-likeness (QED) is 0.601. The molecule has 0 aliphatic carbocycles. The molecule has 0 fully saturated rings. The Bertz CT molecular complexity index is 1200. The van der Waals surface area contributed by atoms with Gasteiger partial charge in [-0.3, -0.25) is 14.6 Å². The van der Waals surface area contributed by atoms with E-state index in [1.807, 2.05) is 24.3 Å². The van der Waals surface area contributed by atoms with Crippen molar-refractivity contribution < 1.29 is 4.79 Å². The van der Waals surface area contributed by atoms with Gasteiger partial charge in [0.2, 0.25) is 5.91 Å². The molecule has 4 aromatic rings. The first kappa shape index (κ1) is 16.3. The number of rotatable bonds is 3. The van der Waals surface area contributed by atoms with E-state index in [-0.39, 0.29) is 17.9 Å². The van der Waals surface area contributed by atoms with Gasteiger partial charge in [0.15, 0.2) is 5.43 Å². The fraction of sp³-hybridized carbons (Fsp3) is 0.0500. The lowest BCUT2D eigenvalue weighted by Crippen LogP contribution is -2.20. The Morgan fingerprint density at radius 1 is 1.08 bits per heavy atom. The zero-order chi connectivity index (χ0) is 18.1. The van der Waals surface area contributed by atoms with Gasteiger partial charge in [-0.25, -0.2) is 0 Å². The van der Waals surface area contributed by atoms with Crippen molar-refractivity contribution in [3.05, 3.63) is 82.2 Å². The maximum atomic E-state index is 12.6. The highest BCUT2D eigenvalue weighted by Gasteiger charge is 2.09. The van der Waals surface area contributed by atoms with Crippen LogP contribution in [-0.4, -0.2) is 15.5 Å². The second-order valence-corrected chi connectivity index (χ2v) is 6.33. The number of hydrogen-bond acceptors (Lipinski definition) is 3. The second-order valence-electron chi connectivity index (χ2n) is 5.89. The average Bonchev–Trinajstić information content (AvgIpc) is 2.64. The molecule has 2 aromatic carbocycles. The van der Waals surface area contributed by atoms with E-state index in [9.17, 15) is 9.59 Å². The SMILES string of the molecule is O=C(Cn1ccc(=O)c2ccccc21)Nc1ccnc2cc(Cl)ccc12. The van der Waals surface area contributed by atoms with Crippen molar-refractivity contribution in [2.75, 3.05) is 5.32 Å². The molecule has 128 valence electrons. The summed E-state index contributed by atoms with van der Waals surface area (Å²) in [6.45, 7) is 0.0954. The number of carbonyl (C=O) groups excluding carboxylic acids is 1. The third kappa shape index (κ3) is 3.05. The van der Waals surface area contributed by atoms with Gasteiger partial charge in [0.1, 0.15) is 6.54 Å². The van der Waals surface area contributed by atoms with Crippen molar-refractivity contribution >= 4 is 45.0 Å². The van der Waals surface area contributed by atoms with Crippen LogP contribution in [0.5, 0.6) is 0 Å². The topological polar surface area (TPSA) is 64.0 Å². The van der Waals surface area contributed by atoms with Crippen molar-refractivity contribution in [3.63, 3.8) is 0 Å². The Balaban J connectivity index is 1.65. The van der Waals surface area contributed by atoms with E-state index in [0.29, 0.717) is 21.6 Å². The van der Waals surface area contributed by atoms with Crippen molar-refractivity contribution in [1.29, 1.82) is 0 Å². The van der Waals surface area contributed by atoms with Gasteiger partial charge in [0.25, 0.3) is 0 Å². The van der Waals surface area contributed by atoms with Crippen molar-refractivity contribution in [2.45, 2.75) is 6.54 Å². The summed E-state index contributed by atoms with van der Waals surface area (Å²) in [6.07, 6.45) is 3.26. The fourth-order valence-corrected chi connectivity index (χ4v) is 3.14. The minimum atomic E-state index is -0.193. The number of pyridine rings is 2. The molecule has 6 heteroatoms. The number of nitrogens with one attached hydrogen (secondary N) is 1. The summed E-state index contributed by atoms with van der Waals surface area (Å²) in [5, 5.41) is 4.91. The first-order valence-corrected chi connectivity index (χ1v) is 8.42. The van der Waals surface area contributed by atoms with Crippen molar-refractivity contribution in [1.82, 2.24) is 9.55 Å². The zero-order valence-corrected chi connectivity index (χ0v) is 14.4. The predicted molar refractivity (Wildman–Crippen MR) is 104 cm³/mol. The second kappa shape index (κ2) is 6.61. The fourth-order valence-electron chi connectivity index (χ4n) is 2.97. The first-order chi connectivity index (χ1) is 12.6. The lowest BCUT2D eigenvalue weighted by Gasteiger charge is -2.12. The number of amides is 1. The number of benzene rings is 2. The van der Waals surface area contributed by atoms with Crippen LogP contribution < -0.4 is 10.7 Å². The molecule has 1 amide bonds. The molecule has 0 bridgehead atoms. The largest absolute Gasteiger partial charge is 0.338 e. The molecule has 1 N–H and O–H groups in total. The van der Waals surface area contributed by atoms with E-state index in [4.69, 9.17) is 11.6 Å². The lowest BCUT2D eigenvalue weighted by molar-refractivity contribution is -0.116. The highest BCUT2D eigenvalue weighted by molar-refractivity contribution is 6.31. The highest BCUT2D eigenvalue weighted by Crippen LogP contribution is 2.24. The van der Waals surface area contributed by atoms with Crippen LogP contribution in [0, 0.1) is 0 Å². The van der Waals surface area contributed by atoms with Gasteiger partial charge in [0.05, 0.1) is 16.7 Å². The molecule has 2 aromatic heterocycles. The van der Waals surface area contributed by atoms with Crippen LogP contribution in [0.1, 0.15) is 0 Å². The standard InChI is InChI=1S/C20H14ClN3O2/c21-13-5-6-14-16(7-9-22-17(14)11-13)23-20(26)12-24-10-8-19(25)15-3-1-2-4-18(15)24/h1-11H,12H2,(H,22,23,26). The highest BCUT2D eigenvalue weighted by atomic mass is 35.5. The molecule has 26 heavy (non-hydrogen) atoms. The molecule has 0 saturated carbocycles. The smallest absolute Gasteiger partial charge is 0.244 e. The summed E-state index contributed by atoms with van der Waals surface area (Å²) in [6, 6.07) is 15.8. The number of para-hydroxylation sites is 1. The van der Waals surface area contributed by atoms with Crippen LogP contribution in [0.4, 0.5) is 5.69 Å². The summed E-state index contributed by atoms with van der Waals surface area (Å²) in [5.41, 5.74) is 2.04. The maximum Gasteiger partial charge on any atom is 0.244 e. The zero-order valence-electron chi connectivity index (χ0n) is 13.6. The Morgan fingerprint density at radius 3 is 2.81 bits per heavy atom. The average molecular weight is 364 g/mol. The molecule has 0 aliphatic rings. The molecule has 5 nitrogen and oxygen atoms in total. The molecule has 0 atom stereocenters. The van der Waals surface area contributed by atoms with Crippen molar-refractivity contribution in [2.24, 2.45) is 0 Å². The van der Waals surface area contributed by atoms with Gasteiger partial charge in [-0.15, -0.1) is 0 Å². The van der Waals surface area contributed by atoms with E-state index in [1.54, 1.807) is 41.2 Å². The van der Waals surface area contributed by atoms with E-state index in [0.717, 1.165) is 10.9 Å². The maximum absolute atomic E-state index is 12.6. The lowest BCUT2D eigenvalue weighted by atomic mass is 10.2. The van der Waals surface area contributed by atoms with Gasteiger partial charge < -0.3 is 9.88 Å². The summed E-state index contributed by atoms with van der Waals surface area (Å²) in [5.74, 6) is -0.193. The van der Waals surface area contributed by atoms with Gasteiger partial charge in [-0.1, -0.05) is 23.7 Å². The Labute approximate surface area is 153 Å². The number of hydrogen-bond donors (Lipinski definition) is 1. The molecular weight excluding hydrogens is 350 g/mol. The number of fused-ring (bicyclic) bond motifs is 2. The molecular formula is C20H14ClN3O2. The normalized spacial score (nSPS) is 11.0. The molecule has 2 heterocycles. The molecule has 0 unspecified atom stereocenters. The van der Waals surface area contributed by atoms with Gasteiger partial charge in [-0.05, 0) is 36.4 Å². The van der Waals surface area contributed by atoms with Crippen LogP contribution in [0.3, 0.4) is 0 Å². The van der Waals surface area contributed by atoms with Crippen LogP contribution in [0.25, 0.3) is 21.8 Å². The van der Waals surface area contributed by atoms with E-state index in [2.05, 4.69) is 10.3 Å².